The van der Waals surface area contributed by atoms with Crippen molar-refractivity contribution in [3.63, 3.8) is 0 Å². The topological polar surface area (TPSA) is 63.6 Å². The number of esters is 1. The number of hydrogen-bond donors (Lipinski definition) is 1. The van der Waals surface area contributed by atoms with E-state index in [4.69, 9.17) is 21.3 Å². The van der Waals surface area contributed by atoms with Gasteiger partial charge in [0.2, 0.25) is 0 Å². The van der Waals surface area contributed by atoms with Crippen LogP contribution >= 0.6 is 22.9 Å². The molecule has 1 aliphatic heterocycles. The number of allylic oxidation sites excluding steroid dienone is 1. The van der Waals surface area contributed by atoms with Gasteiger partial charge in [0.1, 0.15) is 11.7 Å². The molecule has 1 aromatic heterocycles. The van der Waals surface area contributed by atoms with Gasteiger partial charge in [0, 0.05) is 16.1 Å². The van der Waals surface area contributed by atoms with Gasteiger partial charge in [-0.2, -0.15) is 0 Å². The minimum absolute atomic E-state index is 0.311. The van der Waals surface area contributed by atoms with Gasteiger partial charge in [0.15, 0.2) is 5.84 Å². The highest BCUT2D eigenvalue weighted by Crippen LogP contribution is 2.32. The molecule has 3 rings (SSSR count). The molecule has 0 bridgehead atoms. The number of carbonyl (C=O) groups is 1. The zero-order valence-corrected chi connectivity index (χ0v) is 14.8. The lowest BCUT2D eigenvalue weighted by atomic mass is 9.96. The SMILES string of the molecule is CCOC(=O)C1=C(C)NC(c2cscn2)=NC1c1ccc(Cl)cc1. The van der Waals surface area contributed by atoms with Crippen LogP contribution in [0.4, 0.5) is 0 Å². The second-order valence-electron chi connectivity index (χ2n) is 5.19. The third-order valence-corrected chi connectivity index (χ3v) is 4.44. The summed E-state index contributed by atoms with van der Waals surface area (Å²) in [6.07, 6.45) is 0. The second-order valence-corrected chi connectivity index (χ2v) is 6.34. The fourth-order valence-corrected chi connectivity index (χ4v) is 3.16. The van der Waals surface area contributed by atoms with E-state index in [0.717, 1.165) is 11.3 Å². The highest BCUT2D eigenvalue weighted by molar-refractivity contribution is 7.07. The van der Waals surface area contributed by atoms with E-state index in [1.54, 1.807) is 24.6 Å². The summed E-state index contributed by atoms with van der Waals surface area (Å²) in [6, 6.07) is 6.85. The van der Waals surface area contributed by atoms with E-state index in [-0.39, 0.29) is 5.97 Å². The van der Waals surface area contributed by atoms with Crippen LogP contribution < -0.4 is 5.32 Å². The van der Waals surface area contributed by atoms with Crippen molar-refractivity contribution < 1.29 is 9.53 Å². The van der Waals surface area contributed by atoms with E-state index >= 15 is 0 Å². The fraction of sp³-hybridized carbons (Fsp3) is 0.235. The van der Waals surface area contributed by atoms with Crippen molar-refractivity contribution in [2.75, 3.05) is 6.61 Å². The molecule has 0 amide bonds. The number of amidine groups is 1. The zero-order valence-electron chi connectivity index (χ0n) is 13.2. The van der Waals surface area contributed by atoms with Crippen LogP contribution in [0.15, 0.2) is 51.4 Å². The lowest BCUT2D eigenvalue weighted by Crippen LogP contribution is -2.33. The van der Waals surface area contributed by atoms with Gasteiger partial charge in [0.05, 0.1) is 17.7 Å². The third-order valence-electron chi connectivity index (χ3n) is 3.60. The molecular weight excluding hydrogens is 346 g/mol. The molecule has 1 aliphatic rings. The van der Waals surface area contributed by atoms with Crippen LogP contribution in [0.1, 0.15) is 31.1 Å². The lowest BCUT2D eigenvalue weighted by molar-refractivity contribution is -0.138. The number of carbonyl (C=O) groups excluding carboxylic acids is 1. The summed E-state index contributed by atoms with van der Waals surface area (Å²) >= 11 is 7.47. The first-order valence-corrected chi connectivity index (χ1v) is 8.79. The molecule has 1 N–H and O–H groups in total. The first-order chi connectivity index (χ1) is 11.6. The number of rotatable bonds is 4. The molecule has 7 heteroatoms. The number of halogens is 1. The summed E-state index contributed by atoms with van der Waals surface area (Å²) < 4.78 is 5.21. The van der Waals surface area contributed by atoms with E-state index in [2.05, 4.69) is 10.3 Å². The number of nitrogens with one attached hydrogen (secondary N) is 1. The minimum Gasteiger partial charge on any atom is -0.463 e. The van der Waals surface area contributed by atoms with Gasteiger partial charge in [-0.05, 0) is 31.5 Å². The molecule has 0 spiro atoms. The number of aromatic nitrogens is 1. The third kappa shape index (κ3) is 3.34. The Morgan fingerprint density at radius 2 is 2.12 bits per heavy atom. The van der Waals surface area contributed by atoms with Crippen LogP contribution in [0.25, 0.3) is 0 Å². The summed E-state index contributed by atoms with van der Waals surface area (Å²) in [4.78, 5) is 21.4. The number of ether oxygens (including phenoxy) is 1. The largest absolute Gasteiger partial charge is 0.463 e. The first kappa shape index (κ1) is 16.7. The smallest absolute Gasteiger partial charge is 0.338 e. The van der Waals surface area contributed by atoms with E-state index in [9.17, 15) is 4.79 Å². The van der Waals surface area contributed by atoms with Crippen LogP contribution in [0.3, 0.4) is 0 Å². The highest BCUT2D eigenvalue weighted by atomic mass is 35.5. The van der Waals surface area contributed by atoms with E-state index < -0.39 is 6.04 Å². The Hall–Kier alpha value is -2.18. The average molecular weight is 362 g/mol. The van der Waals surface area contributed by atoms with Crippen LogP contribution in [-0.4, -0.2) is 23.4 Å². The summed E-state index contributed by atoms with van der Waals surface area (Å²) in [5, 5.41) is 5.71. The molecule has 1 atom stereocenters. The normalized spacial score (nSPS) is 17.3. The quantitative estimate of drug-likeness (QED) is 0.843. The maximum atomic E-state index is 12.4. The van der Waals surface area contributed by atoms with Crippen molar-refractivity contribution >= 4 is 34.7 Å². The van der Waals surface area contributed by atoms with Crippen molar-refractivity contribution in [3.05, 3.63) is 62.7 Å². The Bertz CT molecular complexity index is 798. The monoisotopic (exact) mass is 361 g/mol. The number of nitrogens with zero attached hydrogens (tertiary/aromatic N) is 2. The van der Waals surface area contributed by atoms with E-state index in [1.807, 2.05) is 24.4 Å². The Morgan fingerprint density at radius 3 is 2.75 bits per heavy atom. The van der Waals surface area contributed by atoms with Gasteiger partial charge in [-0.25, -0.2) is 9.78 Å². The first-order valence-electron chi connectivity index (χ1n) is 7.47. The Kier molecular flexibility index (Phi) is 4.97. The predicted molar refractivity (Wildman–Crippen MR) is 95.3 cm³/mol. The van der Waals surface area contributed by atoms with Gasteiger partial charge in [-0.15, -0.1) is 11.3 Å². The van der Waals surface area contributed by atoms with E-state index in [1.165, 1.54) is 11.3 Å². The molecular formula is C17H16ClN3O2S. The second kappa shape index (κ2) is 7.15. The Balaban J connectivity index is 2.06. The van der Waals surface area contributed by atoms with Gasteiger partial charge in [0.25, 0.3) is 0 Å². The standard InChI is InChI=1S/C17H16ClN3O2S/c1-3-23-17(22)14-10(2)20-16(13-8-24-9-19-13)21-15(14)11-4-6-12(18)7-5-11/h4-9,15H,3H2,1-2H3,(H,20,21). The zero-order chi connectivity index (χ0) is 17.1. The average Bonchev–Trinajstić information content (AvgIpc) is 3.09. The van der Waals surface area contributed by atoms with Crippen molar-refractivity contribution in [2.45, 2.75) is 19.9 Å². The predicted octanol–water partition coefficient (Wildman–Crippen LogP) is 3.72. The van der Waals surface area contributed by atoms with Crippen LogP contribution in [0.2, 0.25) is 5.02 Å². The van der Waals surface area contributed by atoms with Gasteiger partial charge < -0.3 is 10.1 Å². The molecule has 0 fully saturated rings. The maximum Gasteiger partial charge on any atom is 0.338 e. The summed E-state index contributed by atoms with van der Waals surface area (Å²) in [6.45, 7) is 3.94. The molecule has 1 unspecified atom stereocenters. The highest BCUT2D eigenvalue weighted by Gasteiger charge is 2.30. The maximum absolute atomic E-state index is 12.4. The van der Waals surface area contributed by atoms with Crippen LogP contribution in [-0.2, 0) is 9.53 Å². The number of thiazole rings is 1. The summed E-state index contributed by atoms with van der Waals surface area (Å²) in [5.41, 5.74) is 4.58. The van der Waals surface area contributed by atoms with Crippen molar-refractivity contribution in [1.29, 1.82) is 0 Å². The van der Waals surface area contributed by atoms with Gasteiger partial charge in [-0.3, -0.25) is 4.99 Å². The Morgan fingerprint density at radius 1 is 1.38 bits per heavy atom. The fourth-order valence-electron chi connectivity index (χ4n) is 2.50. The number of aliphatic imine (C=N–C) groups is 1. The van der Waals surface area contributed by atoms with Crippen molar-refractivity contribution in [2.24, 2.45) is 4.99 Å². The van der Waals surface area contributed by atoms with Crippen molar-refractivity contribution in [1.82, 2.24) is 10.3 Å². The number of benzene rings is 1. The minimum atomic E-state index is -0.459. The summed E-state index contributed by atoms with van der Waals surface area (Å²) in [7, 11) is 0. The lowest BCUT2D eigenvalue weighted by Gasteiger charge is -2.25. The molecule has 5 nitrogen and oxygen atoms in total. The summed E-state index contributed by atoms with van der Waals surface area (Å²) in [5.74, 6) is 0.269. The Labute approximate surface area is 149 Å². The van der Waals surface area contributed by atoms with Crippen molar-refractivity contribution in [3.8, 4) is 0 Å². The van der Waals surface area contributed by atoms with E-state index in [0.29, 0.717) is 28.7 Å². The molecule has 124 valence electrons. The molecule has 0 radical (unpaired) electrons. The van der Waals surface area contributed by atoms with Gasteiger partial charge in [-0.1, -0.05) is 23.7 Å². The molecule has 0 saturated heterocycles. The molecule has 2 aromatic rings. The number of hydrogen-bond acceptors (Lipinski definition) is 6. The van der Waals surface area contributed by atoms with Crippen LogP contribution in [0.5, 0.6) is 0 Å². The van der Waals surface area contributed by atoms with Gasteiger partial charge >= 0.3 is 5.97 Å². The molecule has 1 aromatic carbocycles. The molecule has 24 heavy (non-hydrogen) atoms. The molecule has 0 aliphatic carbocycles. The molecule has 2 heterocycles. The van der Waals surface area contributed by atoms with Crippen LogP contribution in [0, 0.1) is 0 Å². The molecule has 0 saturated carbocycles.